The van der Waals surface area contributed by atoms with Crippen molar-refractivity contribution >= 4 is 0 Å². The highest BCUT2D eigenvalue weighted by Crippen LogP contribution is 2.27. The lowest BCUT2D eigenvalue weighted by Gasteiger charge is -2.23. The first-order chi connectivity index (χ1) is 8.79. The Labute approximate surface area is 108 Å². The summed E-state index contributed by atoms with van der Waals surface area (Å²) in [6.45, 7) is 5.21. The van der Waals surface area contributed by atoms with Gasteiger partial charge in [-0.2, -0.15) is 0 Å². The van der Waals surface area contributed by atoms with Crippen LogP contribution in [0, 0.1) is 6.92 Å². The second-order valence-electron chi connectivity index (χ2n) is 4.52. The normalized spacial score (nSPS) is 19.6. The molecule has 0 spiro atoms. The van der Waals surface area contributed by atoms with Crippen LogP contribution in [0.15, 0.2) is 18.2 Å². The molecule has 1 fully saturated rings. The fourth-order valence-electron chi connectivity index (χ4n) is 2.01. The molecule has 2 rings (SSSR count). The van der Waals surface area contributed by atoms with Crippen LogP contribution in [0.2, 0.25) is 0 Å². The fourth-order valence-corrected chi connectivity index (χ4v) is 2.01. The zero-order valence-electron chi connectivity index (χ0n) is 11.1. The summed E-state index contributed by atoms with van der Waals surface area (Å²) in [6, 6.07) is 6.37. The molecule has 0 bridgehead atoms. The van der Waals surface area contributed by atoms with E-state index in [0.717, 1.165) is 37.7 Å². The Morgan fingerprint density at radius 3 is 3.00 bits per heavy atom. The molecule has 0 aromatic heterocycles. The molecule has 1 atom stereocenters. The Balaban J connectivity index is 1.82. The molecule has 1 aliphatic rings. The fraction of sp³-hybridized carbons (Fsp3) is 0.571. The molecule has 0 amide bonds. The van der Waals surface area contributed by atoms with E-state index in [-0.39, 0.29) is 0 Å². The van der Waals surface area contributed by atoms with Crippen LogP contribution in [0.5, 0.6) is 11.5 Å². The topological polar surface area (TPSA) is 39.7 Å². The van der Waals surface area contributed by atoms with Crippen molar-refractivity contribution in [2.75, 3.05) is 33.5 Å². The average Bonchev–Trinajstić information content (AvgIpc) is 2.41. The maximum absolute atomic E-state index is 5.77. The highest BCUT2D eigenvalue weighted by atomic mass is 16.5. The summed E-state index contributed by atoms with van der Waals surface area (Å²) < 4.78 is 16.5. The maximum Gasteiger partial charge on any atom is 0.161 e. The van der Waals surface area contributed by atoms with Gasteiger partial charge in [-0.15, -0.1) is 0 Å². The van der Waals surface area contributed by atoms with E-state index in [1.165, 1.54) is 5.56 Å². The van der Waals surface area contributed by atoms with Crippen LogP contribution in [-0.2, 0) is 4.74 Å². The van der Waals surface area contributed by atoms with Gasteiger partial charge in [0, 0.05) is 12.6 Å². The number of rotatable bonds is 5. The van der Waals surface area contributed by atoms with E-state index in [1.54, 1.807) is 7.11 Å². The first-order valence-corrected chi connectivity index (χ1v) is 6.38. The van der Waals surface area contributed by atoms with Crippen molar-refractivity contribution < 1.29 is 14.2 Å². The van der Waals surface area contributed by atoms with Gasteiger partial charge in [0.05, 0.1) is 26.9 Å². The monoisotopic (exact) mass is 251 g/mol. The van der Waals surface area contributed by atoms with Crippen molar-refractivity contribution in [3.63, 3.8) is 0 Å². The highest BCUT2D eigenvalue weighted by molar-refractivity contribution is 5.42. The minimum absolute atomic E-state index is 0.398. The molecule has 1 aliphatic heterocycles. The number of morpholine rings is 1. The van der Waals surface area contributed by atoms with Gasteiger partial charge < -0.3 is 19.5 Å². The smallest absolute Gasteiger partial charge is 0.161 e. The minimum Gasteiger partial charge on any atom is -0.493 e. The van der Waals surface area contributed by atoms with Gasteiger partial charge in [0.15, 0.2) is 11.5 Å². The van der Waals surface area contributed by atoms with Gasteiger partial charge in [0.2, 0.25) is 0 Å². The first kappa shape index (κ1) is 13.2. The van der Waals surface area contributed by atoms with Gasteiger partial charge in [-0.25, -0.2) is 0 Å². The molecule has 1 aromatic rings. The van der Waals surface area contributed by atoms with Crippen LogP contribution >= 0.6 is 0 Å². The average molecular weight is 251 g/mol. The summed E-state index contributed by atoms with van der Waals surface area (Å²) in [6.07, 6.45) is 0.941. The van der Waals surface area contributed by atoms with E-state index in [4.69, 9.17) is 14.2 Å². The third kappa shape index (κ3) is 3.62. The van der Waals surface area contributed by atoms with E-state index in [2.05, 4.69) is 5.32 Å². The van der Waals surface area contributed by atoms with E-state index in [0.29, 0.717) is 12.6 Å². The summed E-state index contributed by atoms with van der Waals surface area (Å²) >= 11 is 0. The lowest BCUT2D eigenvalue weighted by molar-refractivity contribution is 0.0690. The third-order valence-corrected chi connectivity index (χ3v) is 3.04. The predicted molar refractivity (Wildman–Crippen MR) is 70.5 cm³/mol. The number of methoxy groups -OCH3 is 1. The standard InChI is InChI=1S/C14H21NO3/c1-11-3-4-13(14(9-11)16-2)18-7-5-12-10-17-8-6-15-12/h3-4,9,12,15H,5-8,10H2,1-2H3. The van der Waals surface area contributed by atoms with Gasteiger partial charge in [-0.1, -0.05) is 6.07 Å². The van der Waals surface area contributed by atoms with E-state index >= 15 is 0 Å². The van der Waals surface area contributed by atoms with Gasteiger partial charge in [-0.3, -0.25) is 0 Å². The van der Waals surface area contributed by atoms with Crippen molar-refractivity contribution in [2.24, 2.45) is 0 Å². The zero-order chi connectivity index (χ0) is 12.8. The molecule has 4 nitrogen and oxygen atoms in total. The Bertz CT molecular complexity index is 375. The summed E-state index contributed by atoms with van der Waals surface area (Å²) in [5.74, 6) is 1.60. The molecular formula is C14H21NO3. The largest absolute Gasteiger partial charge is 0.493 e. The molecule has 0 aliphatic carbocycles. The quantitative estimate of drug-likeness (QED) is 0.865. The lowest BCUT2D eigenvalue weighted by Crippen LogP contribution is -2.41. The van der Waals surface area contributed by atoms with E-state index in [9.17, 15) is 0 Å². The van der Waals surface area contributed by atoms with Gasteiger partial charge in [0.1, 0.15) is 0 Å². The summed E-state index contributed by atoms with van der Waals surface area (Å²) in [5.41, 5.74) is 1.17. The molecular weight excluding hydrogens is 230 g/mol. The molecule has 0 radical (unpaired) electrons. The Hall–Kier alpha value is -1.26. The molecule has 4 heteroatoms. The Kier molecular flexibility index (Phi) is 4.84. The molecule has 1 aromatic carbocycles. The number of benzene rings is 1. The van der Waals surface area contributed by atoms with Crippen LogP contribution in [0.1, 0.15) is 12.0 Å². The molecule has 100 valence electrons. The second kappa shape index (κ2) is 6.61. The molecule has 1 N–H and O–H groups in total. The van der Waals surface area contributed by atoms with Crippen LogP contribution in [0.3, 0.4) is 0 Å². The maximum atomic E-state index is 5.77. The molecule has 18 heavy (non-hydrogen) atoms. The molecule has 1 unspecified atom stereocenters. The highest BCUT2D eigenvalue weighted by Gasteiger charge is 2.13. The Morgan fingerprint density at radius 2 is 2.28 bits per heavy atom. The van der Waals surface area contributed by atoms with Crippen molar-refractivity contribution in [3.8, 4) is 11.5 Å². The first-order valence-electron chi connectivity index (χ1n) is 6.38. The summed E-state index contributed by atoms with van der Waals surface area (Å²) in [4.78, 5) is 0. The number of ether oxygens (including phenoxy) is 3. The number of nitrogens with one attached hydrogen (secondary N) is 1. The SMILES string of the molecule is COc1cc(C)ccc1OCCC1COCCN1. The van der Waals surface area contributed by atoms with Crippen molar-refractivity contribution in [1.82, 2.24) is 5.32 Å². The van der Waals surface area contributed by atoms with Crippen molar-refractivity contribution in [3.05, 3.63) is 23.8 Å². The lowest BCUT2D eigenvalue weighted by atomic mass is 10.2. The minimum atomic E-state index is 0.398. The van der Waals surface area contributed by atoms with Gasteiger partial charge >= 0.3 is 0 Å². The Morgan fingerprint density at radius 1 is 1.39 bits per heavy atom. The van der Waals surface area contributed by atoms with E-state index in [1.807, 2.05) is 25.1 Å². The number of aryl methyl sites for hydroxylation is 1. The van der Waals surface area contributed by atoms with Crippen LogP contribution < -0.4 is 14.8 Å². The van der Waals surface area contributed by atoms with Crippen molar-refractivity contribution in [1.29, 1.82) is 0 Å². The predicted octanol–water partition coefficient (Wildman–Crippen LogP) is 1.76. The molecule has 0 saturated carbocycles. The number of hydrogen-bond acceptors (Lipinski definition) is 4. The molecule has 1 saturated heterocycles. The third-order valence-electron chi connectivity index (χ3n) is 3.04. The van der Waals surface area contributed by atoms with Crippen molar-refractivity contribution in [2.45, 2.75) is 19.4 Å². The van der Waals surface area contributed by atoms with E-state index < -0.39 is 0 Å². The summed E-state index contributed by atoms with van der Waals surface area (Å²) in [5, 5.41) is 3.41. The zero-order valence-corrected chi connectivity index (χ0v) is 11.1. The van der Waals surface area contributed by atoms with Gasteiger partial charge in [0.25, 0.3) is 0 Å². The second-order valence-corrected chi connectivity index (χ2v) is 4.52. The van der Waals surface area contributed by atoms with Gasteiger partial charge in [-0.05, 0) is 31.0 Å². The van der Waals surface area contributed by atoms with Crippen LogP contribution in [0.4, 0.5) is 0 Å². The van der Waals surface area contributed by atoms with Crippen LogP contribution in [0.25, 0.3) is 0 Å². The summed E-state index contributed by atoms with van der Waals surface area (Å²) in [7, 11) is 1.66. The van der Waals surface area contributed by atoms with Crippen LogP contribution in [-0.4, -0.2) is 39.5 Å². The number of hydrogen-bond donors (Lipinski definition) is 1. The molecule has 1 heterocycles.